The first-order valence-corrected chi connectivity index (χ1v) is 9.83. The van der Waals surface area contributed by atoms with E-state index in [0.717, 1.165) is 21.9 Å². The van der Waals surface area contributed by atoms with Crippen molar-refractivity contribution in [2.24, 2.45) is 0 Å². The highest BCUT2D eigenvalue weighted by atomic mass is 35.5. The molecule has 0 unspecified atom stereocenters. The van der Waals surface area contributed by atoms with E-state index >= 15 is 0 Å². The van der Waals surface area contributed by atoms with Gasteiger partial charge in [-0.15, -0.1) is 11.3 Å². The second kappa shape index (κ2) is 7.25. The molecular weight excluding hydrogens is 372 g/mol. The average molecular weight is 396 g/mol. The van der Waals surface area contributed by atoms with E-state index in [4.69, 9.17) is 20.9 Å². The molecular formula is C19H24BClFNO2S. The molecule has 0 radical (unpaired) electrons. The zero-order valence-corrected chi connectivity index (χ0v) is 17.4. The van der Waals surface area contributed by atoms with Crippen LogP contribution in [-0.4, -0.2) is 30.3 Å². The predicted molar refractivity (Wildman–Crippen MR) is 107 cm³/mol. The SMILES string of the molecule is CN(Cc1ccc(Cl)s1)Cc1ccc(F)cc1B1OC(C)(C)C(C)(C)O1. The van der Waals surface area contributed by atoms with Crippen molar-refractivity contribution in [3.05, 3.63) is 50.9 Å². The topological polar surface area (TPSA) is 21.7 Å². The van der Waals surface area contributed by atoms with E-state index in [-0.39, 0.29) is 5.82 Å². The summed E-state index contributed by atoms with van der Waals surface area (Å²) in [5, 5.41) is 0. The Kier molecular flexibility index (Phi) is 5.53. The number of rotatable bonds is 5. The fourth-order valence-electron chi connectivity index (χ4n) is 2.95. The summed E-state index contributed by atoms with van der Waals surface area (Å²) in [7, 11) is 1.46. The highest BCUT2D eigenvalue weighted by Crippen LogP contribution is 2.36. The number of hydrogen-bond donors (Lipinski definition) is 0. The van der Waals surface area contributed by atoms with Crippen molar-refractivity contribution < 1.29 is 13.7 Å². The van der Waals surface area contributed by atoms with E-state index in [1.807, 2.05) is 52.9 Å². The van der Waals surface area contributed by atoms with Crippen molar-refractivity contribution in [2.45, 2.75) is 52.0 Å². The Bertz CT molecular complexity index is 780. The zero-order chi connectivity index (χ0) is 19.1. The van der Waals surface area contributed by atoms with Crippen LogP contribution in [0.1, 0.15) is 38.1 Å². The summed E-state index contributed by atoms with van der Waals surface area (Å²) >= 11 is 7.58. The molecule has 7 heteroatoms. The Hall–Kier alpha value is -0.915. The molecule has 1 fully saturated rings. The Morgan fingerprint density at radius 2 is 1.73 bits per heavy atom. The highest BCUT2D eigenvalue weighted by molar-refractivity contribution is 7.16. The van der Waals surface area contributed by atoms with Crippen LogP contribution in [0, 0.1) is 5.82 Å². The van der Waals surface area contributed by atoms with Gasteiger partial charge in [0.25, 0.3) is 0 Å². The van der Waals surface area contributed by atoms with Crippen LogP contribution in [0.25, 0.3) is 0 Å². The normalized spacial score (nSPS) is 18.7. The largest absolute Gasteiger partial charge is 0.495 e. The minimum absolute atomic E-state index is 0.286. The average Bonchev–Trinajstić information content (AvgIpc) is 3.01. The zero-order valence-electron chi connectivity index (χ0n) is 15.8. The van der Waals surface area contributed by atoms with Gasteiger partial charge in [0.2, 0.25) is 0 Å². The van der Waals surface area contributed by atoms with Gasteiger partial charge in [0.1, 0.15) is 5.82 Å². The molecule has 0 amide bonds. The Morgan fingerprint density at radius 3 is 2.31 bits per heavy atom. The van der Waals surface area contributed by atoms with Gasteiger partial charge in [-0.25, -0.2) is 4.39 Å². The molecule has 3 rings (SSSR count). The van der Waals surface area contributed by atoms with Gasteiger partial charge in [-0.05, 0) is 70.0 Å². The number of hydrogen-bond acceptors (Lipinski definition) is 4. The maximum Gasteiger partial charge on any atom is 0.495 e. The summed E-state index contributed by atoms with van der Waals surface area (Å²) < 4.78 is 27.0. The second-order valence-electron chi connectivity index (χ2n) is 7.81. The third-order valence-electron chi connectivity index (χ3n) is 5.11. The van der Waals surface area contributed by atoms with Crippen molar-refractivity contribution in [3.8, 4) is 0 Å². The van der Waals surface area contributed by atoms with Crippen molar-refractivity contribution in [1.82, 2.24) is 4.90 Å². The lowest BCUT2D eigenvalue weighted by molar-refractivity contribution is 0.00578. The lowest BCUT2D eigenvalue weighted by Crippen LogP contribution is -2.41. The molecule has 1 aromatic heterocycles. The van der Waals surface area contributed by atoms with Crippen LogP contribution in [0.2, 0.25) is 4.34 Å². The third kappa shape index (κ3) is 4.15. The van der Waals surface area contributed by atoms with E-state index in [1.165, 1.54) is 17.0 Å². The Balaban J connectivity index is 1.80. The molecule has 1 aliphatic heterocycles. The van der Waals surface area contributed by atoms with Gasteiger partial charge in [0.05, 0.1) is 15.5 Å². The van der Waals surface area contributed by atoms with Crippen LogP contribution in [0.15, 0.2) is 30.3 Å². The lowest BCUT2D eigenvalue weighted by atomic mass is 9.75. The molecule has 0 atom stereocenters. The quantitative estimate of drug-likeness (QED) is 0.697. The lowest BCUT2D eigenvalue weighted by Gasteiger charge is -2.32. The minimum Gasteiger partial charge on any atom is -0.399 e. The number of thiophene rings is 1. The third-order valence-corrected chi connectivity index (χ3v) is 6.33. The van der Waals surface area contributed by atoms with Crippen molar-refractivity contribution in [3.63, 3.8) is 0 Å². The first-order valence-electron chi connectivity index (χ1n) is 8.64. The maximum absolute atomic E-state index is 13.9. The van der Waals surface area contributed by atoms with E-state index in [2.05, 4.69) is 4.90 Å². The Labute approximate surface area is 164 Å². The van der Waals surface area contributed by atoms with Crippen LogP contribution >= 0.6 is 22.9 Å². The first kappa shape index (κ1) is 19.8. The van der Waals surface area contributed by atoms with Crippen molar-refractivity contribution >= 4 is 35.5 Å². The van der Waals surface area contributed by atoms with Gasteiger partial charge >= 0.3 is 7.12 Å². The molecule has 1 aromatic carbocycles. The summed E-state index contributed by atoms with van der Waals surface area (Å²) in [6.45, 7) is 9.43. The summed E-state index contributed by atoms with van der Waals surface area (Å²) in [6, 6.07) is 8.76. The minimum atomic E-state index is -0.574. The molecule has 26 heavy (non-hydrogen) atoms. The van der Waals surface area contributed by atoms with Gasteiger partial charge in [0, 0.05) is 18.0 Å². The molecule has 0 N–H and O–H groups in total. The van der Waals surface area contributed by atoms with Gasteiger partial charge in [0.15, 0.2) is 0 Å². The summed E-state index contributed by atoms with van der Waals surface area (Å²) in [6.07, 6.45) is 0. The fourth-order valence-corrected chi connectivity index (χ4v) is 4.12. The van der Waals surface area contributed by atoms with Crippen molar-refractivity contribution in [2.75, 3.05) is 7.05 Å². The molecule has 2 heterocycles. The van der Waals surface area contributed by atoms with Crippen LogP contribution in [0.5, 0.6) is 0 Å². The van der Waals surface area contributed by atoms with Gasteiger partial charge in [-0.3, -0.25) is 4.90 Å². The summed E-state index contributed by atoms with van der Waals surface area (Å²) in [5.41, 5.74) is 0.830. The van der Waals surface area contributed by atoms with Crippen molar-refractivity contribution in [1.29, 1.82) is 0 Å². The van der Waals surface area contributed by atoms with Crippen LogP contribution in [-0.2, 0) is 22.4 Å². The maximum atomic E-state index is 13.9. The molecule has 3 nitrogen and oxygen atoms in total. The van der Waals surface area contributed by atoms with E-state index in [9.17, 15) is 4.39 Å². The highest BCUT2D eigenvalue weighted by Gasteiger charge is 2.52. The molecule has 2 aromatic rings. The Morgan fingerprint density at radius 1 is 1.08 bits per heavy atom. The molecule has 1 aliphatic rings. The van der Waals surface area contributed by atoms with Gasteiger partial charge < -0.3 is 9.31 Å². The monoisotopic (exact) mass is 395 g/mol. The van der Waals surface area contributed by atoms with Crippen LogP contribution in [0.3, 0.4) is 0 Å². The van der Waals surface area contributed by atoms with Crippen LogP contribution in [0.4, 0.5) is 4.39 Å². The second-order valence-corrected chi connectivity index (χ2v) is 9.61. The predicted octanol–water partition coefficient (Wildman–Crippen LogP) is 4.47. The molecule has 0 aliphatic carbocycles. The first-order chi connectivity index (χ1) is 12.1. The van der Waals surface area contributed by atoms with E-state index in [0.29, 0.717) is 6.54 Å². The molecule has 0 saturated carbocycles. The summed E-state index contributed by atoms with van der Waals surface area (Å²) in [5.74, 6) is -0.286. The molecule has 0 spiro atoms. The standard InChI is InChI=1S/C19H24BClFNO2S/c1-18(2)19(3,4)25-20(24-18)16-10-14(22)7-6-13(16)11-23(5)12-15-8-9-17(21)26-15/h6-10H,11-12H2,1-5H3. The fraction of sp³-hybridized carbons (Fsp3) is 0.474. The molecule has 140 valence electrons. The number of benzene rings is 1. The molecule has 1 saturated heterocycles. The van der Waals surface area contributed by atoms with Gasteiger partial charge in [-0.1, -0.05) is 17.7 Å². The smallest absolute Gasteiger partial charge is 0.399 e. The van der Waals surface area contributed by atoms with Gasteiger partial charge in [-0.2, -0.15) is 0 Å². The van der Waals surface area contributed by atoms with E-state index < -0.39 is 18.3 Å². The van der Waals surface area contributed by atoms with E-state index in [1.54, 1.807) is 11.3 Å². The molecule has 0 bridgehead atoms. The number of nitrogens with zero attached hydrogens (tertiary/aromatic N) is 1. The number of halogens is 2. The summed E-state index contributed by atoms with van der Waals surface area (Å²) in [4.78, 5) is 3.36. The van der Waals surface area contributed by atoms with Crippen LogP contribution < -0.4 is 5.46 Å².